The zero-order valence-electron chi connectivity index (χ0n) is 12.4. The molecule has 0 bridgehead atoms. The maximum Gasteiger partial charge on any atom is 0.303 e. The summed E-state index contributed by atoms with van der Waals surface area (Å²) in [6.07, 6.45) is -0.156. The second-order valence-electron chi connectivity index (χ2n) is 5.14. The van der Waals surface area contributed by atoms with Gasteiger partial charge < -0.3 is 10.4 Å². The molecule has 0 saturated carbocycles. The molecule has 2 rings (SSSR count). The number of carbonyl (C=O) groups is 2. The fourth-order valence-electron chi connectivity index (χ4n) is 2.16. The molecule has 1 unspecified atom stereocenters. The fourth-order valence-corrected chi connectivity index (χ4v) is 2.16. The number of carbonyl (C=O) groups excluding carboxylic acids is 1. The summed E-state index contributed by atoms with van der Waals surface area (Å²) in [5, 5.41) is 11.4. The monoisotopic (exact) mass is 337 g/mol. The first-order chi connectivity index (χ1) is 11.4. The highest BCUT2D eigenvalue weighted by atomic mass is 19.2. The summed E-state index contributed by atoms with van der Waals surface area (Å²) in [4.78, 5) is 22.9. The Morgan fingerprint density at radius 1 is 1.00 bits per heavy atom. The minimum Gasteiger partial charge on any atom is -0.481 e. The van der Waals surface area contributed by atoms with Gasteiger partial charge in [-0.05, 0) is 42.3 Å². The van der Waals surface area contributed by atoms with Crippen LogP contribution in [-0.4, -0.2) is 17.0 Å². The number of halogens is 3. The van der Waals surface area contributed by atoms with Gasteiger partial charge in [0.05, 0.1) is 6.04 Å². The smallest absolute Gasteiger partial charge is 0.303 e. The van der Waals surface area contributed by atoms with Gasteiger partial charge in [-0.1, -0.05) is 12.1 Å². The van der Waals surface area contributed by atoms with Crippen molar-refractivity contribution in [2.45, 2.75) is 18.9 Å². The molecule has 0 aliphatic heterocycles. The number of aliphatic carboxylic acids is 1. The van der Waals surface area contributed by atoms with Gasteiger partial charge in [-0.25, -0.2) is 13.2 Å². The zero-order chi connectivity index (χ0) is 17.7. The Kier molecular flexibility index (Phi) is 5.57. The van der Waals surface area contributed by atoms with E-state index < -0.39 is 35.4 Å². The van der Waals surface area contributed by atoms with E-state index in [4.69, 9.17) is 5.11 Å². The van der Waals surface area contributed by atoms with Crippen LogP contribution in [0, 0.1) is 17.5 Å². The number of nitrogens with one attached hydrogen (secondary N) is 1. The molecule has 0 aliphatic carbocycles. The molecule has 0 aliphatic rings. The van der Waals surface area contributed by atoms with Gasteiger partial charge in [0.15, 0.2) is 11.6 Å². The first-order valence-corrected chi connectivity index (χ1v) is 7.10. The average Bonchev–Trinajstić information content (AvgIpc) is 2.54. The average molecular weight is 337 g/mol. The predicted octanol–water partition coefficient (Wildman–Crippen LogP) is 3.44. The van der Waals surface area contributed by atoms with Crippen molar-refractivity contribution in [3.05, 3.63) is 71.0 Å². The molecule has 7 heteroatoms. The summed E-state index contributed by atoms with van der Waals surface area (Å²) in [5.41, 5.74) is 0.407. The van der Waals surface area contributed by atoms with Crippen molar-refractivity contribution in [3.63, 3.8) is 0 Å². The number of benzene rings is 2. The van der Waals surface area contributed by atoms with Gasteiger partial charge in [-0.3, -0.25) is 9.59 Å². The molecule has 1 amide bonds. The van der Waals surface area contributed by atoms with Crippen LogP contribution in [0.4, 0.5) is 13.2 Å². The van der Waals surface area contributed by atoms with E-state index in [9.17, 15) is 22.8 Å². The quantitative estimate of drug-likeness (QED) is 0.848. The standard InChI is InChI=1S/C17H14F3NO3/c18-12-4-1-10(2-5-12)15(7-8-16(22)23)21-17(24)11-3-6-13(19)14(20)9-11/h1-6,9,15H,7-8H2,(H,21,24)(H,22,23). The summed E-state index contributed by atoms with van der Waals surface area (Å²) in [7, 11) is 0. The summed E-state index contributed by atoms with van der Waals surface area (Å²) < 4.78 is 39.2. The molecular weight excluding hydrogens is 323 g/mol. The van der Waals surface area contributed by atoms with E-state index in [1.54, 1.807) is 0 Å². The Morgan fingerprint density at radius 2 is 1.67 bits per heavy atom. The largest absolute Gasteiger partial charge is 0.481 e. The van der Waals surface area contributed by atoms with E-state index in [2.05, 4.69) is 5.32 Å². The normalized spacial score (nSPS) is 11.8. The van der Waals surface area contributed by atoms with Gasteiger partial charge in [0.25, 0.3) is 5.91 Å². The summed E-state index contributed by atoms with van der Waals surface area (Å²) in [6, 6.07) is 7.22. The lowest BCUT2D eigenvalue weighted by molar-refractivity contribution is -0.137. The summed E-state index contributed by atoms with van der Waals surface area (Å²) in [6.45, 7) is 0. The maximum atomic E-state index is 13.2. The van der Waals surface area contributed by atoms with Crippen molar-refractivity contribution in [1.82, 2.24) is 5.32 Å². The topological polar surface area (TPSA) is 66.4 Å². The van der Waals surface area contributed by atoms with Gasteiger partial charge in [0.1, 0.15) is 5.82 Å². The van der Waals surface area contributed by atoms with Crippen LogP contribution >= 0.6 is 0 Å². The van der Waals surface area contributed by atoms with Crippen LogP contribution in [0.3, 0.4) is 0 Å². The number of hydrogen-bond donors (Lipinski definition) is 2. The lowest BCUT2D eigenvalue weighted by atomic mass is 10.0. The van der Waals surface area contributed by atoms with E-state index >= 15 is 0 Å². The van der Waals surface area contributed by atoms with Gasteiger partial charge in [0, 0.05) is 12.0 Å². The molecule has 0 saturated heterocycles. The third kappa shape index (κ3) is 4.58. The van der Waals surface area contributed by atoms with Crippen LogP contribution in [0.5, 0.6) is 0 Å². The number of rotatable bonds is 6. The molecule has 2 aromatic carbocycles. The van der Waals surface area contributed by atoms with Gasteiger partial charge in [-0.15, -0.1) is 0 Å². The molecule has 0 fully saturated rings. The first-order valence-electron chi connectivity index (χ1n) is 7.10. The van der Waals surface area contributed by atoms with Crippen molar-refractivity contribution < 1.29 is 27.9 Å². The third-order valence-corrected chi connectivity index (χ3v) is 3.41. The third-order valence-electron chi connectivity index (χ3n) is 3.41. The molecule has 126 valence electrons. The Labute approximate surface area is 135 Å². The van der Waals surface area contributed by atoms with E-state index in [1.165, 1.54) is 24.3 Å². The molecular formula is C17H14F3NO3. The van der Waals surface area contributed by atoms with E-state index in [-0.39, 0.29) is 18.4 Å². The SMILES string of the molecule is O=C(O)CCC(NC(=O)c1ccc(F)c(F)c1)c1ccc(F)cc1. The molecule has 1 atom stereocenters. The van der Waals surface area contributed by atoms with Crippen LogP contribution in [-0.2, 0) is 4.79 Å². The highest BCUT2D eigenvalue weighted by molar-refractivity contribution is 5.94. The molecule has 2 aromatic rings. The molecule has 0 radical (unpaired) electrons. The Morgan fingerprint density at radius 3 is 2.25 bits per heavy atom. The molecule has 0 spiro atoms. The molecule has 0 heterocycles. The van der Waals surface area contributed by atoms with Crippen molar-refractivity contribution >= 4 is 11.9 Å². The summed E-state index contributed by atoms with van der Waals surface area (Å²) >= 11 is 0. The number of carboxylic acid groups (broad SMARTS) is 1. The van der Waals surface area contributed by atoms with E-state index in [0.29, 0.717) is 5.56 Å². The Bertz CT molecular complexity index is 747. The molecule has 4 nitrogen and oxygen atoms in total. The van der Waals surface area contributed by atoms with Gasteiger partial charge in [0.2, 0.25) is 0 Å². The van der Waals surface area contributed by atoms with Crippen LogP contribution in [0.15, 0.2) is 42.5 Å². The fraction of sp³-hybridized carbons (Fsp3) is 0.176. The van der Waals surface area contributed by atoms with Crippen LogP contribution in [0.2, 0.25) is 0 Å². The molecule has 24 heavy (non-hydrogen) atoms. The minimum atomic E-state index is -1.16. The highest BCUT2D eigenvalue weighted by Gasteiger charge is 2.18. The second kappa shape index (κ2) is 7.63. The number of carboxylic acids is 1. The van der Waals surface area contributed by atoms with Gasteiger partial charge in [-0.2, -0.15) is 0 Å². The zero-order valence-corrected chi connectivity index (χ0v) is 12.4. The lowest BCUT2D eigenvalue weighted by Crippen LogP contribution is -2.29. The van der Waals surface area contributed by atoms with E-state index in [0.717, 1.165) is 18.2 Å². The van der Waals surface area contributed by atoms with E-state index in [1.807, 2.05) is 0 Å². The molecule has 0 aromatic heterocycles. The first kappa shape index (κ1) is 17.5. The van der Waals surface area contributed by atoms with Crippen molar-refractivity contribution in [3.8, 4) is 0 Å². The summed E-state index contributed by atoms with van der Waals surface area (Å²) in [5.74, 6) is -4.44. The van der Waals surface area contributed by atoms with Crippen molar-refractivity contribution in [1.29, 1.82) is 0 Å². The Balaban J connectivity index is 2.19. The highest BCUT2D eigenvalue weighted by Crippen LogP contribution is 2.20. The van der Waals surface area contributed by atoms with Crippen molar-refractivity contribution in [2.24, 2.45) is 0 Å². The Hall–Kier alpha value is -2.83. The van der Waals surface area contributed by atoms with Crippen molar-refractivity contribution in [2.75, 3.05) is 0 Å². The number of amides is 1. The second-order valence-corrected chi connectivity index (χ2v) is 5.14. The minimum absolute atomic E-state index is 0.0659. The number of hydrogen-bond acceptors (Lipinski definition) is 2. The van der Waals surface area contributed by atoms with Crippen LogP contribution in [0.1, 0.15) is 34.8 Å². The van der Waals surface area contributed by atoms with Crippen LogP contribution in [0.25, 0.3) is 0 Å². The predicted molar refractivity (Wildman–Crippen MR) is 79.8 cm³/mol. The maximum absolute atomic E-state index is 13.2. The van der Waals surface area contributed by atoms with Crippen LogP contribution < -0.4 is 5.32 Å². The molecule has 2 N–H and O–H groups in total. The van der Waals surface area contributed by atoms with Gasteiger partial charge >= 0.3 is 5.97 Å². The lowest BCUT2D eigenvalue weighted by Gasteiger charge is -2.19.